The van der Waals surface area contributed by atoms with Gasteiger partial charge in [-0.15, -0.1) is 0 Å². The number of carboxylic acids is 1. The molecule has 2 amide bonds. The maximum atomic E-state index is 12.1. The number of nitrogens with one attached hydrogen (secondary N) is 2. The van der Waals surface area contributed by atoms with Crippen LogP contribution in [0.4, 0.5) is 4.79 Å². The van der Waals surface area contributed by atoms with Gasteiger partial charge in [0.15, 0.2) is 6.04 Å². The lowest BCUT2D eigenvalue weighted by Gasteiger charge is -2.22. The summed E-state index contributed by atoms with van der Waals surface area (Å²) >= 11 is 0. The van der Waals surface area contributed by atoms with Gasteiger partial charge in [0.1, 0.15) is 17.4 Å². The van der Waals surface area contributed by atoms with Crippen LogP contribution >= 0.6 is 0 Å². The molecular weight excluding hydrogens is 316 g/mol. The minimum Gasteiger partial charge on any atom is -0.508 e. The topological polar surface area (TPSA) is 125 Å². The third-order valence-electron chi connectivity index (χ3n) is 2.89. The molecular formula is C16H22N2O6. The normalized spacial score (nSPS) is 13.5. The van der Waals surface area contributed by atoms with E-state index < -0.39 is 35.7 Å². The third-order valence-corrected chi connectivity index (χ3v) is 2.89. The van der Waals surface area contributed by atoms with Gasteiger partial charge in [0.05, 0.1) is 0 Å². The van der Waals surface area contributed by atoms with E-state index in [1.807, 2.05) is 0 Å². The zero-order chi connectivity index (χ0) is 18.5. The van der Waals surface area contributed by atoms with Crippen LogP contribution in [0.3, 0.4) is 0 Å². The van der Waals surface area contributed by atoms with Crippen LogP contribution in [0.2, 0.25) is 0 Å². The van der Waals surface area contributed by atoms with Crippen molar-refractivity contribution in [3.8, 4) is 5.75 Å². The number of amides is 2. The first-order chi connectivity index (χ1) is 11.0. The Hall–Kier alpha value is -2.77. The Labute approximate surface area is 139 Å². The van der Waals surface area contributed by atoms with E-state index in [2.05, 4.69) is 10.6 Å². The second-order valence-corrected chi connectivity index (χ2v) is 6.24. The van der Waals surface area contributed by atoms with Crippen molar-refractivity contribution in [2.75, 3.05) is 0 Å². The highest BCUT2D eigenvalue weighted by atomic mass is 16.6. The smallest absolute Gasteiger partial charge is 0.408 e. The van der Waals surface area contributed by atoms with Gasteiger partial charge in [-0.05, 0) is 45.4 Å². The number of phenols is 1. The van der Waals surface area contributed by atoms with Gasteiger partial charge >= 0.3 is 12.1 Å². The number of rotatable bonds is 5. The summed E-state index contributed by atoms with van der Waals surface area (Å²) < 4.78 is 5.03. The average Bonchev–Trinajstić information content (AvgIpc) is 2.43. The Morgan fingerprint density at radius 1 is 1.08 bits per heavy atom. The summed E-state index contributed by atoms with van der Waals surface area (Å²) in [6.07, 6.45) is -0.776. The van der Waals surface area contributed by atoms with Crippen molar-refractivity contribution in [3.05, 3.63) is 29.8 Å². The summed E-state index contributed by atoms with van der Waals surface area (Å²) in [5.41, 5.74) is -0.422. The molecule has 0 saturated heterocycles. The highest BCUT2D eigenvalue weighted by Crippen LogP contribution is 2.17. The van der Waals surface area contributed by atoms with Gasteiger partial charge in [-0.3, -0.25) is 4.79 Å². The molecule has 0 radical (unpaired) electrons. The molecule has 0 aliphatic heterocycles. The van der Waals surface area contributed by atoms with Crippen LogP contribution in [0.5, 0.6) is 5.75 Å². The number of benzene rings is 1. The van der Waals surface area contributed by atoms with Crippen molar-refractivity contribution in [3.63, 3.8) is 0 Å². The Kier molecular flexibility index (Phi) is 6.16. The minimum atomic E-state index is -1.30. The van der Waals surface area contributed by atoms with Gasteiger partial charge in [-0.25, -0.2) is 9.59 Å². The molecule has 1 rings (SSSR count). The van der Waals surface area contributed by atoms with Crippen molar-refractivity contribution in [2.24, 2.45) is 0 Å². The maximum absolute atomic E-state index is 12.1. The molecule has 132 valence electrons. The van der Waals surface area contributed by atoms with Crippen molar-refractivity contribution < 1.29 is 29.3 Å². The van der Waals surface area contributed by atoms with Crippen LogP contribution in [-0.2, 0) is 14.3 Å². The number of carboxylic acid groups (broad SMARTS) is 1. The second-order valence-electron chi connectivity index (χ2n) is 6.24. The van der Waals surface area contributed by atoms with Gasteiger partial charge in [0, 0.05) is 0 Å². The summed E-state index contributed by atoms with van der Waals surface area (Å²) in [6, 6.07) is 3.13. The fourth-order valence-corrected chi connectivity index (χ4v) is 1.77. The van der Waals surface area contributed by atoms with Crippen LogP contribution < -0.4 is 10.6 Å². The van der Waals surface area contributed by atoms with Gasteiger partial charge in [-0.2, -0.15) is 0 Å². The molecule has 4 N–H and O–H groups in total. The number of aliphatic carboxylic acids is 1. The molecule has 0 bridgehead atoms. The molecule has 0 aliphatic carbocycles. The fraction of sp³-hybridized carbons (Fsp3) is 0.438. The zero-order valence-corrected chi connectivity index (χ0v) is 14.0. The number of carbonyl (C=O) groups is 3. The highest BCUT2D eigenvalue weighted by molar-refractivity contribution is 5.89. The number of aromatic hydroxyl groups is 1. The predicted molar refractivity (Wildman–Crippen MR) is 85.5 cm³/mol. The van der Waals surface area contributed by atoms with Gasteiger partial charge in [0.25, 0.3) is 0 Å². The lowest BCUT2D eigenvalue weighted by molar-refractivity contribution is -0.142. The van der Waals surface area contributed by atoms with Crippen molar-refractivity contribution >= 4 is 18.0 Å². The first-order valence-electron chi connectivity index (χ1n) is 7.31. The van der Waals surface area contributed by atoms with E-state index in [-0.39, 0.29) is 11.3 Å². The van der Waals surface area contributed by atoms with Crippen LogP contribution in [-0.4, -0.2) is 39.8 Å². The summed E-state index contributed by atoms with van der Waals surface area (Å²) in [4.78, 5) is 35.1. The number of alkyl carbamates (subject to hydrolysis) is 1. The van der Waals surface area contributed by atoms with E-state index in [1.165, 1.54) is 31.2 Å². The minimum absolute atomic E-state index is 0.0193. The van der Waals surface area contributed by atoms with Crippen molar-refractivity contribution in [1.82, 2.24) is 10.6 Å². The number of hydrogen-bond donors (Lipinski definition) is 4. The first-order valence-corrected chi connectivity index (χ1v) is 7.31. The second kappa shape index (κ2) is 7.67. The molecule has 1 unspecified atom stereocenters. The van der Waals surface area contributed by atoms with E-state index in [0.717, 1.165) is 0 Å². The molecule has 0 fully saturated rings. The van der Waals surface area contributed by atoms with Gasteiger partial charge < -0.3 is 25.6 Å². The quantitative estimate of drug-likeness (QED) is 0.645. The lowest BCUT2D eigenvalue weighted by atomic mass is 10.1. The number of hydrogen-bond acceptors (Lipinski definition) is 5. The van der Waals surface area contributed by atoms with Gasteiger partial charge in [0.2, 0.25) is 5.91 Å². The summed E-state index contributed by atoms with van der Waals surface area (Å²) in [6.45, 7) is 6.46. The summed E-state index contributed by atoms with van der Waals surface area (Å²) in [7, 11) is 0. The first kappa shape index (κ1) is 19.3. The SMILES string of the molecule is C[C@H](NC(=O)OC(C)(C)C)C(=O)NC(C(=O)O)c1ccc(O)cc1. The molecule has 0 saturated carbocycles. The monoisotopic (exact) mass is 338 g/mol. The standard InChI is InChI=1S/C16H22N2O6/c1-9(17-15(23)24-16(2,3)4)13(20)18-12(14(21)22)10-5-7-11(19)8-6-10/h5-9,12,19H,1-4H3,(H,17,23)(H,18,20)(H,21,22)/t9-,12?/m0/s1. The Morgan fingerprint density at radius 3 is 2.08 bits per heavy atom. The molecule has 24 heavy (non-hydrogen) atoms. The van der Waals surface area contributed by atoms with Crippen LogP contribution in [0.15, 0.2) is 24.3 Å². The number of carbonyl (C=O) groups excluding carboxylic acids is 2. The molecule has 1 aromatic carbocycles. The number of ether oxygens (including phenoxy) is 1. The summed E-state index contributed by atoms with van der Waals surface area (Å²) in [5, 5.41) is 23.2. The summed E-state index contributed by atoms with van der Waals surface area (Å²) in [5.74, 6) is -1.96. The predicted octanol–water partition coefficient (Wildman–Crippen LogP) is 1.55. The molecule has 1 aromatic rings. The largest absolute Gasteiger partial charge is 0.508 e. The molecule has 0 aliphatic rings. The van der Waals surface area contributed by atoms with E-state index in [1.54, 1.807) is 20.8 Å². The molecule has 8 heteroatoms. The van der Waals surface area contributed by atoms with E-state index >= 15 is 0 Å². The Morgan fingerprint density at radius 2 is 1.62 bits per heavy atom. The Bertz CT molecular complexity index is 606. The third kappa shape index (κ3) is 6.15. The van der Waals surface area contributed by atoms with Gasteiger partial charge in [-0.1, -0.05) is 12.1 Å². The maximum Gasteiger partial charge on any atom is 0.408 e. The molecule has 2 atom stereocenters. The van der Waals surface area contributed by atoms with Crippen LogP contribution in [0.1, 0.15) is 39.3 Å². The number of phenolic OH excluding ortho intramolecular Hbond substituents is 1. The molecule has 0 spiro atoms. The van der Waals surface area contributed by atoms with Crippen LogP contribution in [0.25, 0.3) is 0 Å². The van der Waals surface area contributed by atoms with Crippen molar-refractivity contribution in [2.45, 2.75) is 45.4 Å². The van der Waals surface area contributed by atoms with E-state index in [4.69, 9.17) is 4.74 Å². The zero-order valence-electron chi connectivity index (χ0n) is 14.0. The fourth-order valence-electron chi connectivity index (χ4n) is 1.77. The molecule has 8 nitrogen and oxygen atoms in total. The van der Waals surface area contributed by atoms with Crippen molar-refractivity contribution in [1.29, 1.82) is 0 Å². The van der Waals surface area contributed by atoms with Crippen LogP contribution in [0, 0.1) is 0 Å². The Balaban J connectivity index is 2.73. The van der Waals surface area contributed by atoms with E-state index in [0.29, 0.717) is 0 Å². The highest BCUT2D eigenvalue weighted by Gasteiger charge is 2.26. The van der Waals surface area contributed by atoms with E-state index in [9.17, 15) is 24.6 Å². The lowest BCUT2D eigenvalue weighted by Crippen LogP contribution is -2.48. The average molecular weight is 338 g/mol. The molecule has 0 heterocycles. The molecule has 0 aromatic heterocycles.